The van der Waals surface area contributed by atoms with Gasteiger partial charge >= 0.3 is 0 Å². The quantitative estimate of drug-likeness (QED) is 0.846. The topological polar surface area (TPSA) is 58.4 Å². The number of aromatic nitrogens is 3. The van der Waals surface area contributed by atoms with Crippen LogP contribution in [-0.4, -0.2) is 53.9 Å². The van der Waals surface area contributed by atoms with Gasteiger partial charge < -0.3 is 14.2 Å². The van der Waals surface area contributed by atoms with Crippen LogP contribution in [-0.2, 0) is 26.2 Å². The Labute approximate surface area is 131 Å². The van der Waals surface area contributed by atoms with E-state index in [0.717, 1.165) is 44.2 Å². The SMILES string of the molecule is CC1(c2nc(C3CCOCC3)nn2CC2COCCO2)CC1. The molecule has 0 N–H and O–H groups in total. The Hall–Kier alpha value is -0.980. The molecule has 1 saturated carbocycles. The molecule has 1 aromatic rings. The molecule has 0 amide bonds. The predicted molar refractivity (Wildman–Crippen MR) is 80.0 cm³/mol. The third kappa shape index (κ3) is 2.92. The van der Waals surface area contributed by atoms with E-state index in [9.17, 15) is 0 Å². The molecule has 0 spiro atoms. The van der Waals surface area contributed by atoms with Gasteiger partial charge in [-0.05, 0) is 25.7 Å². The number of ether oxygens (including phenoxy) is 3. The summed E-state index contributed by atoms with van der Waals surface area (Å²) in [5, 5.41) is 4.85. The lowest BCUT2D eigenvalue weighted by Crippen LogP contribution is -2.33. The van der Waals surface area contributed by atoms with Crippen molar-refractivity contribution in [1.82, 2.24) is 14.8 Å². The largest absolute Gasteiger partial charge is 0.381 e. The first-order chi connectivity index (χ1) is 10.7. The van der Waals surface area contributed by atoms with Crippen molar-refractivity contribution in [2.45, 2.75) is 56.6 Å². The zero-order valence-corrected chi connectivity index (χ0v) is 13.3. The van der Waals surface area contributed by atoms with Crippen LogP contribution < -0.4 is 0 Å². The Balaban J connectivity index is 1.56. The van der Waals surface area contributed by atoms with Gasteiger partial charge in [-0.25, -0.2) is 9.67 Å². The lowest BCUT2D eigenvalue weighted by Gasteiger charge is -2.23. The van der Waals surface area contributed by atoms with Crippen molar-refractivity contribution < 1.29 is 14.2 Å². The smallest absolute Gasteiger partial charge is 0.154 e. The van der Waals surface area contributed by atoms with Crippen LogP contribution in [0.25, 0.3) is 0 Å². The van der Waals surface area contributed by atoms with E-state index >= 15 is 0 Å². The number of hydrogen-bond acceptors (Lipinski definition) is 5. The fourth-order valence-electron chi connectivity index (χ4n) is 3.31. The van der Waals surface area contributed by atoms with Crippen molar-refractivity contribution in [2.24, 2.45) is 0 Å². The molecule has 1 aliphatic carbocycles. The van der Waals surface area contributed by atoms with Gasteiger partial charge in [0, 0.05) is 24.5 Å². The second-order valence-corrected chi connectivity index (χ2v) is 6.99. The highest BCUT2D eigenvalue weighted by molar-refractivity contribution is 5.18. The molecule has 1 unspecified atom stereocenters. The van der Waals surface area contributed by atoms with Gasteiger partial charge in [-0.3, -0.25) is 0 Å². The van der Waals surface area contributed by atoms with Crippen molar-refractivity contribution in [3.63, 3.8) is 0 Å². The van der Waals surface area contributed by atoms with E-state index in [1.807, 2.05) is 0 Å². The van der Waals surface area contributed by atoms with Gasteiger partial charge in [0.15, 0.2) is 5.82 Å². The molecule has 6 nitrogen and oxygen atoms in total. The highest BCUT2D eigenvalue weighted by Crippen LogP contribution is 2.47. The Morgan fingerprint density at radius 2 is 1.95 bits per heavy atom. The van der Waals surface area contributed by atoms with Crippen LogP contribution in [0.1, 0.15) is 50.2 Å². The molecule has 0 aromatic carbocycles. The number of rotatable bonds is 4. The first-order valence-corrected chi connectivity index (χ1v) is 8.47. The average molecular weight is 307 g/mol. The molecule has 0 bridgehead atoms. The van der Waals surface area contributed by atoms with Crippen LogP contribution >= 0.6 is 0 Å². The molecule has 3 heterocycles. The van der Waals surface area contributed by atoms with Crippen molar-refractivity contribution in [1.29, 1.82) is 0 Å². The Bertz CT molecular complexity index is 515. The molecule has 3 aliphatic rings. The molecule has 1 aromatic heterocycles. The Morgan fingerprint density at radius 3 is 2.64 bits per heavy atom. The summed E-state index contributed by atoms with van der Waals surface area (Å²) in [4.78, 5) is 4.93. The minimum Gasteiger partial charge on any atom is -0.381 e. The molecule has 2 aliphatic heterocycles. The molecule has 4 rings (SSSR count). The third-order valence-electron chi connectivity index (χ3n) is 5.08. The maximum Gasteiger partial charge on any atom is 0.154 e. The zero-order chi connectivity index (χ0) is 15.0. The minimum absolute atomic E-state index is 0.0964. The lowest BCUT2D eigenvalue weighted by molar-refractivity contribution is -0.0950. The van der Waals surface area contributed by atoms with Crippen molar-refractivity contribution in [2.75, 3.05) is 33.0 Å². The van der Waals surface area contributed by atoms with Crippen LogP contribution in [0, 0.1) is 0 Å². The van der Waals surface area contributed by atoms with E-state index in [0.29, 0.717) is 25.7 Å². The molecule has 2 saturated heterocycles. The summed E-state index contributed by atoms with van der Waals surface area (Å²) in [7, 11) is 0. The zero-order valence-electron chi connectivity index (χ0n) is 13.3. The average Bonchev–Trinajstić information content (AvgIpc) is 3.16. The van der Waals surface area contributed by atoms with E-state index in [-0.39, 0.29) is 11.5 Å². The Kier molecular flexibility index (Phi) is 3.92. The van der Waals surface area contributed by atoms with E-state index in [1.54, 1.807) is 0 Å². The van der Waals surface area contributed by atoms with Crippen LogP contribution in [0.5, 0.6) is 0 Å². The standard InChI is InChI=1S/C16H25N3O3/c1-16(4-5-16)15-17-14(12-2-6-20-7-3-12)18-19(15)10-13-11-21-8-9-22-13/h12-13H,2-11H2,1H3. The van der Waals surface area contributed by atoms with Gasteiger partial charge in [-0.15, -0.1) is 0 Å². The van der Waals surface area contributed by atoms with Crippen LogP contribution in [0.15, 0.2) is 0 Å². The van der Waals surface area contributed by atoms with Crippen LogP contribution in [0.4, 0.5) is 0 Å². The van der Waals surface area contributed by atoms with Crippen LogP contribution in [0.3, 0.4) is 0 Å². The minimum atomic E-state index is 0.0964. The highest BCUT2D eigenvalue weighted by Gasteiger charge is 2.44. The normalized spacial score (nSPS) is 28.7. The number of nitrogens with zero attached hydrogens (tertiary/aromatic N) is 3. The third-order valence-corrected chi connectivity index (χ3v) is 5.08. The summed E-state index contributed by atoms with van der Waals surface area (Å²) in [6, 6.07) is 0. The molecular weight excluding hydrogens is 282 g/mol. The summed E-state index contributed by atoms with van der Waals surface area (Å²) in [6.07, 6.45) is 4.58. The van der Waals surface area contributed by atoms with Crippen molar-refractivity contribution >= 4 is 0 Å². The summed E-state index contributed by atoms with van der Waals surface area (Å²) in [5.74, 6) is 2.59. The van der Waals surface area contributed by atoms with Gasteiger partial charge in [0.1, 0.15) is 11.9 Å². The molecule has 3 fully saturated rings. The first kappa shape index (κ1) is 14.6. The van der Waals surface area contributed by atoms with E-state index in [4.69, 9.17) is 24.3 Å². The maximum atomic E-state index is 5.79. The van der Waals surface area contributed by atoms with Gasteiger partial charge in [0.25, 0.3) is 0 Å². The second-order valence-electron chi connectivity index (χ2n) is 6.99. The molecule has 0 radical (unpaired) electrons. The van der Waals surface area contributed by atoms with E-state index in [2.05, 4.69) is 11.6 Å². The summed E-state index contributed by atoms with van der Waals surface area (Å²) < 4.78 is 18.9. The fourth-order valence-corrected chi connectivity index (χ4v) is 3.31. The van der Waals surface area contributed by atoms with Gasteiger partial charge in [-0.2, -0.15) is 5.10 Å². The second kappa shape index (κ2) is 5.91. The van der Waals surface area contributed by atoms with Crippen LogP contribution in [0.2, 0.25) is 0 Å². The molecule has 122 valence electrons. The molecule has 1 atom stereocenters. The molecule has 6 heteroatoms. The maximum absolute atomic E-state index is 5.79. The molecule has 22 heavy (non-hydrogen) atoms. The van der Waals surface area contributed by atoms with Gasteiger partial charge in [0.2, 0.25) is 0 Å². The molecular formula is C16H25N3O3. The highest BCUT2D eigenvalue weighted by atomic mass is 16.6. The Morgan fingerprint density at radius 1 is 1.14 bits per heavy atom. The van der Waals surface area contributed by atoms with Crippen molar-refractivity contribution in [3.8, 4) is 0 Å². The van der Waals surface area contributed by atoms with Crippen molar-refractivity contribution in [3.05, 3.63) is 11.6 Å². The predicted octanol–water partition coefficient (Wildman–Crippen LogP) is 1.64. The summed E-state index contributed by atoms with van der Waals surface area (Å²) >= 11 is 0. The monoisotopic (exact) mass is 307 g/mol. The van der Waals surface area contributed by atoms with E-state index in [1.165, 1.54) is 12.8 Å². The lowest BCUT2D eigenvalue weighted by atomic mass is 10.00. The number of hydrogen-bond donors (Lipinski definition) is 0. The van der Waals surface area contributed by atoms with Gasteiger partial charge in [0.05, 0.1) is 26.4 Å². The fraction of sp³-hybridized carbons (Fsp3) is 0.875. The van der Waals surface area contributed by atoms with E-state index < -0.39 is 0 Å². The summed E-state index contributed by atoms with van der Waals surface area (Å²) in [5.41, 5.74) is 0.214. The summed E-state index contributed by atoms with van der Waals surface area (Å²) in [6.45, 7) is 6.73. The first-order valence-electron chi connectivity index (χ1n) is 8.47. The van der Waals surface area contributed by atoms with Gasteiger partial charge in [-0.1, -0.05) is 6.92 Å².